The summed E-state index contributed by atoms with van der Waals surface area (Å²) in [5.74, 6) is -0.215. The van der Waals surface area contributed by atoms with Crippen LogP contribution in [-0.2, 0) is 21.0 Å². The Morgan fingerprint density at radius 1 is 1.27 bits per heavy atom. The lowest BCUT2D eigenvalue weighted by Gasteiger charge is -2.13. The minimum Gasteiger partial charge on any atom is -0.355 e. The molecule has 0 bridgehead atoms. The van der Waals surface area contributed by atoms with Gasteiger partial charge in [0.1, 0.15) is 0 Å². The van der Waals surface area contributed by atoms with E-state index in [1.54, 1.807) is 0 Å². The average molecular weight is 395 g/mol. The summed E-state index contributed by atoms with van der Waals surface area (Å²) in [5, 5.41) is 5.85. The number of carbonyl (C=O) groups is 1. The number of likely N-dealkylation sites (N-methyl/N-ethyl adjacent to an activating group) is 1. The maximum atomic E-state index is 12.7. The quantitative estimate of drug-likeness (QED) is 0.528. The van der Waals surface area contributed by atoms with Gasteiger partial charge in [-0.2, -0.15) is 13.2 Å². The number of carbonyl (C=O) groups excluding carboxylic acids is 1. The molecule has 0 aliphatic carbocycles. The third kappa shape index (κ3) is 7.71. The first-order valence-electron chi connectivity index (χ1n) is 8.23. The molecule has 0 aliphatic heterocycles. The Kier molecular flexibility index (Phi) is 8.51. The van der Waals surface area contributed by atoms with Gasteiger partial charge in [0.25, 0.3) is 0 Å². The summed E-state index contributed by atoms with van der Waals surface area (Å²) in [5.41, 5.74) is -1.03. The van der Waals surface area contributed by atoms with Crippen molar-refractivity contribution in [1.82, 2.24) is 15.4 Å². The highest BCUT2D eigenvalue weighted by molar-refractivity contribution is 7.89. The topological polar surface area (TPSA) is 87.3 Å². The molecule has 0 aliphatic rings. The fraction of sp³-hybridized carbons (Fsp3) is 0.562. The second-order valence-electron chi connectivity index (χ2n) is 5.79. The van der Waals surface area contributed by atoms with Crippen LogP contribution in [0.25, 0.3) is 0 Å². The number of alkyl halides is 3. The summed E-state index contributed by atoms with van der Waals surface area (Å²) < 4.78 is 64.3. The van der Waals surface area contributed by atoms with Gasteiger partial charge in [-0.15, -0.1) is 0 Å². The molecule has 26 heavy (non-hydrogen) atoms. The van der Waals surface area contributed by atoms with E-state index in [0.29, 0.717) is 12.6 Å². The molecule has 0 heterocycles. The number of hydrogen-bond acceptors (Lipinski definition) is 4. The van der Waals surface area contributed by atoms with Crippen molar-refractivity contribution < 1.29 is 26.4 Å². The largest absolute Gasteiger partial charge is 0.416 e. The zero-order valence-electron chi connectivity index (χ0n) is 14.7. The molecule has 0 aromatic heterocycles. The second kappa shape index (κ2) is 9.89. The first-order valence-corrected chi connectivity index (χ1v) is 9.71. The third-order valence-corrected chi connectivity index (χ3v) is 4.96. The Bertz CT molecular complexity index is 693. The van der Waals surface area contributed by atoms with Gasteiger partial charge in [0.2, 0.25) is 15.9 Å². The van der Waals surface area contributed by atoms with Crippen LogP contribution in [-0.4, -0.2) is 40.0 Å². The summed E-state index contributed by atoms with van der Waals surface area (Å²) in [4.78, 5) is 11.2. The van der Waals surface area contributed by atoms with E-state index < -0.39 is 26.7 Å². The predicted octanol–water partition coefficient (Wildman–Crippen LogP) is 1.88. The van der Waals surface area contributed by atoms with Crippen molar-refractivity contribution in [3.63, 3.8) is 0 Å². The SMILES string of the molecule is CCN[C@H](C)CNC(=O)CCCNS(=O)(=O)c1cccc(C(F)(F)F)c1. The van der Waals surface area contributed by atoms with Gasteiger partial charge in [-0.3, -0.25) is 4.79 Å². The lowest BCUT2D eigenvalue weighted by atomic mass is 10.2. The smallest absolute Gasteiger partial charge is 0.355 e. The first-order chi connectivity index (χ1) is 12.1. The number of rotatable bonds is 10. The van der Waals surface area contributed by atoms with E-state index in [9.17, 15) is 26.4 Å². The minimum atomic E-state index is -4.62. The molecule has 1 aromatic carbocycles. The molecular weight excluding hydrogens is 371 g/mol. The number of nitrogens with one attached hydrogen (secondary N) is 3. The fourth-order valence-electron chi connectivity index (χ4n) is 2.15. The van der Waals surface area contributed by atoms with Crippen molar-refractivity contribution in [3.05, 3.63) is 29.8 Å². The van der Waals surface area contributed by atoms with E-state index in [-0.39, 0.29) is 31.3 Å². The molecule has 0 fully saturated rings. The fourth-order valence-corrected chi connectivity index (χ4v) is 3.27. The standard InChI is InChI=1S/C16H24F3N3O3S/c1-3-20-12(2)11-21-15(23)8-5-9-22-26(24,25)14-7-4-6-13(10-14)16(17,18)19/h4,6-7,10,12,20,22H,3,5,8-9,11H2,1-2H3,(H,21,23)/t12-/m1/s1. The van der Waals surface area contributed by atoms with E-state index in [1.807, 2.05) is 13.8 Å². The number of benzene rings is 1. The van der Waals surface area contributed by atoms with Crippen molar-refractivity contribution in [3.8, 4) is 0 Å². The van der Waals surface area contributed by atoms with Crippen molar-refractivity contribution >= 4 is 15.9 Å². The summed E-state index contributed by atoms with van der Waals surface area (Å²) in [6.07, 6.45) is -4.27. The molecule has 10 heteroatoms. The molecular formula is C16H24F3N3O3S. The molecule has 1 atom stereocenters. The van der Waals surface area contributed by atoms with Gasteiger partial charge in [0.05, 0.1) is 10.5 Å². The van der Waals surface area contributed by atoms with Gasteiger partial charge in [-0.25, -0.2) is 13.1 Å². The normalized spacial score (nSPS) is 13.4. The predicted molar refractivity (Wildman–Crippen MR) is 92.0 cm³/mol. The van der Waals surface area contributed by atoms with Gasteiger partial charge in [-0.05, 0) is 38.1 Å². The van der Waals surface area contributed by atoms with E-state index in [1.165, 1.54) is 0 Å². The second-order valence-corrected chi connectivity index (χ2v) is 7.56. The Morgan fingerprint density at radius 3 is 2.58 bits per heavy atom. The molecule has 0 unspecified atom stereocenters. The van der Waals surface area contributed by atoms with Crippen LogP contribution < -0.4 is 15.4 Å². The van der Waals surface area contributed by atoms with Crippen molar-refractivity contribution in [2.75, 3.05) is 19.6 Å². The molecule has 3 N–H and O–H groups in total. The highest BCUT2D eigenvalue weighted by atomic mass is 32.2. The van der Waals surface area contributed by atoms with Crippen LogP contribution in [0.5, 0.6) is 0 Å². The van der Waals surface area contributed by atoms with Crippen LogP contribution >= 0.6 is 0 Å². The minimum absolute atomic E-state index is 0.0469. The lowest BCUT2D eigenvalue weighted by molar-refractivity contribution is -0.137. The van der Waals surface area contributed by atoms with Crippen LogP contribution in [0.15, 0.2) is 29.2 Å². The van der Waals surface area contributed by atoms with Crippen LogP contribution in [0, 0.1) is 0 Å². The molecule has 0 radical (unpaired) electrons. The van der Waals surface area contributed by atoms with Gasteiger partial charge < -0.3 is 10.6 Å². The van der Waals surface area contributed by atoms with Crippen LogP contribution in [0.2, 0.25) is 0 Å². The van der Waals surface area contributed by atoms with Gasteiger partial charge in [-0.1, -0.05) is 13.0 Å². The van der Waals surface area contributed by atoms with Crippen LogP contribution in [0.4, 0.5) is 13.2 Å². The molecule has 148 valence electrons. The summed E-state index contributed by atoms with van der Waals surface area (Å²) in [7, 11) is -4.07. The van der Waals surface area contributed by atoms with E-state index in [0.717, 1.165) is 24.7 Å². The molecule has 0 spiro atoms. The molecule has 0 saturated heterocycles. The molecule has 1 aromatic rings. The summed E-state index contributed by atoms with van der Waals surface area (Å²) in [6, 6.07) is 3.64. The van der Waals surface area contributed by atoms with Gasteiger partial charge >= 0.3 is 6.18 Å². The zero-order valence-corrected chi connectivity index (χ0v) is 15.5. The Balaban J connectivity index is 2.46. The van der Waals surface area contributed by atoms with Crippen molar-refractivity contribution in [2.24, 2.45) is 0 Å². The molecule has 1 amide bonds. The third-order valence-electron chi connectivity index (χ3n) is 3.50. The van der Waals surface area contributed by atoms with Gasteiger partial charge in [0, 0.05) is 25.6 Å². The molecule has 0 saturated carbocycles. The zero-order chi connectivity index (χ0) is 19.8. The van der Waals surface area contributed by atoms with Gasteiger partial charge in [0.15, 0.2) is 0 Å². The summed E-state index contributed by atoms with van der Waals surface area (Å²) >= 11 is 0. The lowest BCUT2D eigenvalue weighted by Crippen LogP contribution is -2.39. The van der Waals surface area contributed by atoms with Crippen LogP contribution in [0.3, 0.4) is 0 Å². The number of amides is 1. The van der Waals surface area contributed by atoms with Crippen molar-refractivity contribution in [2.45, 2.75) is 43.8 Å². The number of sulfonamides is 1. The average Bonchev–Trinajstić information content (AvgIpc) is 2.56. The van der Waals surface area contributed by atoms with Crippen molar-refractivity contribution in [1.29, 1.82) is 0 Å². The highest BCUT2D eigenvalue weighted by Crippen LogP contribution is 2.30. The highest BCUT2D eigenvalue weighted by Gasteiger charge is 2.31. The summed E-state index contributed by atoms with van der Waals surface area (Å²) in [6.45, 7) is 5.08. The monoisotopic (exact) mass is 395 g/mol. The van der Waals surface area contributed by atoms with E-state index >= 15 is 0 Å². The Labute approximate surface area is 151 Å². The maximum Gasteiger partial charge on any atom is 0.416 e. The Hall–Kier alpha value is -1.65. The maximum absolute atomic E-state index is 12.7. The van der Waals surface area contributed by atoms with E-state index in [4.69, 9.17) is 0 Å². The number of hydrogen-bond donors (Lipinski definition) is 3. The molecule has 1 rings (SSSR count). The first kappa shape index (κ1) is 22.4. The van der Waals surface area contributed by atoms with Crippen LogP contribution in [0.1, 0.15) is 32.3 Å². The number of halogens is 3. The molecule has 6 nitrogen and oxygen atoms in total. The van der Waals surface area contributed by atoms with E-state index in [2.05, 4.69) is 15.4 Å². The Morgan fingerprint density at radius 2 is 1.96 bits per heavy atom.